The van der Waals surface area contributed by atoms with Crippen molar-refractivity contribution in [3.63, 3.8) is 0 Å². The molecule has 9 nitrogen and oxygen atoms in total. The number of allylic oxidation sites excluding steroid dienone is 30. The number of hydrogen-bond acceptors (Lipinski definition) is 7. The number of hydrogen-bond donors (Lipinski definition) is 1. The van der Waals surface area contributed by atoms with E-state index in [2.05, 4.69) is 196 Å². The molecule has 0 aliphatic heterocycles. The van der Waals surface area contributed by atoms with Gasteiger partial charge in [0.25, 0.3) is 0 Å². The molecule has 2 atom stereocenters. The van der Waals surface area contributed by atoms with Crippen LogP contribution in [0.2, 0.25) is 0 Å². The maximum Gasteiger partial charge on any atom is 0.472 e. The van der Waals surface area contributed by atoms with Crippen molar-refractivity contribution in [1.82, 2.24) is 0 Å². The van der Waals surface area contributed by atoms with Crippen LogP contribution in [-0.4, -0.2) is 74.9 Å². The number of unbranched alkanes of at least 4 members (excludes halogenated alkanes) is 25. The molecule has 2 unspecified atom stereocenters. The Morgan fingerprint density at radius 1 is 0.323 bits per heavy atom. The fraction of sp³-hybridized carbons (Fsp3) is 0.628. The third kappa shape index (κ3) is 78.1. The quantitative estimate of drug-likeness (QED) is 0.0211. The Labute approximate surface area is 591 Å². The number of carbonyl (C=O) groups is 2. The van der Waals surface area contributed by atoms with Gasteiger partial charge in [0.2, 0.25) is 0 Å². The van der Waals surface area contributed by atoms with Crippen molar-refractivity contribution < 1.29 is 42.1 Å². The molecule has 0 fully saturated rings. The van der Waals surface area contributed by atoms with E-state index in [1.165, 1.54) is 122 Å². The van der Waals surface area contributed by atoms with Gasteiger partial charge in [0.15, 0.2) is 6.10 Å². The number of phosphoric acid groups is 1. The minimum Gasteiger partial charge on any atom is -0.462 e. The number of phosphoric ester groups is 1. The van der Waals surface area contributed by atoms with Gasteiger partial charge in [-0.2, -0.15) is 0 Å². The van der Waals surface area contributed by atoms with Crippen molar-refractivity contribution in [3.8, 4) is 0 Å². The van der Waals surface area contributed by atoms with Crippen molar-refractivity contribution in [1.29, 1.82) is 0 Å². The summed E-state index contributed by atoms with van der Waals surface area (Å²) in [6, 6.07) is 0. The van der Waals surface area contributed by atoms with Crippen LogP contribution in [0.1, 0.15) is 296 Å². The Hall–Kier alpha value is -4.89. The molecule has 0 spiro atoms. The first kappa shape index (κ1) is 91.1. The van der Waals surface area contributed by atoms with Gasteiger partial charge in [0.1, 0.15) is 19.8 Å². The van der Waals surface area contributed by atoms with Gasteiger partial charge >= 0.3 is 19.8 Å². The molecule has 0 aliphatic carbocycles. The van der Waals surface area contributed by atoms with E-state index >= 15 is 0 Å². The van der Waals surface area contributed by atoms with Crippen LogP contribution in [-0.2, 0) is 32.7 Å². The summed E-state index contributed by atoms with van der Waals surface area (Å²) < 4.78 is 34.8. The maximum absolute atomic E-state index is 12.9. The zero-order valence-electron chi connectivity index (χ0n) is 62.0. The Balaban J connectivity index is 4.07. The minimum atomic E-state index is -4.41. The first-order chi connectivity index (χ1) is 47.0. The normalized spacial score (nSPS) is 14.1. The predicted octanol–water partition coefficient (Wildman–Crippen LogP) is 25.8. The second kappa shape index (κ2) is 74.3. The van der Waals surface area contributed by atoms with Crippen LogP contribution in [0.25, 0.3) is 0 Å². The maximum atomic E-state index is 12.9. The molecule has 10 heteroatoms. The molecular formula is C86H143NO8P+. The summed E-state index contributed by atoms with van der Waals surface area (Å²) in [7, 11) is 1.46. The fourth-order valence-electron chi connectivity index (χ4n) is 10.1. The fourth-order valence-corrected chi connectivity index (χ4v) is 10.9. The van der Waals surface area contributed by atoms with E-state index in [1.54, 1.807) is 0 Å². The summed E-state index contributed by atoms with van der Waals surface area (Å²) in [6.07, 6.45) is 114. The molecule has 0 aliphatic rings. The lowest BCUT2D eigenvalue weighted by Gasteiger charge is -2.24. The van der Waals surface area contributed by atoms with Gasteiger partial charge in [-0.05, 0) is 135 Å². The van der Waals surface area contributed by atoms with Crippen molar-refractivity contribution in [3.05, 3.63) is 182 Å². The van der Waals surface area contributed by atoms with Crippen LogP contribution >= 0.6 is 7.82 Å². The molecular weight excluding hydrogens is 1210 g/mol. The molecule has 1 N–H and O–H groups in total. The van der Waals surface area contributed by atoms with Crippen LogP contribution in [0.4, 0.5) is 0 Å². The third-order valence-corrected chi connectivity index (χ3v) is 16.9. The monoisotopic (exact) mass is 1350 g/mol. The van der Waals surface area contributed by atoms with Gasteiger partial charge in [0, 0.05) is 12.8 Å². The zero-order valence-corrected chi connectivity index (χ0v) is 62.9. The van der Waals surface area contributed by atoms with E-state index < -0.39 is 26.5 Å². The van der Waals surface area contributed by atoms with E-state index in [0.29, 0.717) is 17.4 Å². The average Bonchev–Trinajstić information content (AvgIpc) is 1.98. The summed E-state index contributed by atoms with van der Waals surface area (Å²) in [5.41, 5.74) is 0. The lowest BCUT2D eigenvalue weighted by molar-refractivity contribution is -0.870. The number of quaternary nitrogens is 1. The highest BCUT2D eigenvalue weighted by Crippen LogP contribution is 2.43. The molecule has 0 aromatic heterocycles. The Kier molecular flexibility index (Phi) is 70.5. The number of carbonyl (C=O) groups excluding carboxylic acids is 2. The topological polar surface area (TPSA) is 108 Å². The van der Waals surface area contributed by atoms with E-state index in [-0.39, 0.29) is 32.0 Å². The molecule has 0 bridgehead atoms. The van der Waals surface area contributed by atoms with E-state index in [9.17, 15) is 19.0 Å². The molecule has 0 rings (SSSR count). The number of ether oxygens (including phenoxy) is 2. The molecule has 0 saturated heterocycles. The largest absolute Gasteiger partial charge is 0.472 e. The molecule has 0 radical (unpaired) electrons. The predicted molar refractivity (Wildman–Crippen MR) is 417 cm³/mol. The third-order valence-electron chi connectivity index (χ3n) is 15.9. The van der Waals surface area contributed by atoms with Crippen LogP contribution in [0, 0.1) is 0 Å². The highest BCUT2D eigenvalue weighted by Gasteiger charge is 2.27. The SMILES string of the molecule is CC/C=C\C/C=C\C/C=C\C/C=C\C/C=C\C/C=C\C/C=C\C/C=C\C/C=C\CCCCCCCCCCCCCC(=O)OC(COC(=O)CCCCCCCCCCCCCCCC/C=C\C/C=C\C/C=C\C/C=C\C/C=C\C/C=C\CC)COP(=O)(O)OCC[N+](C)(C)C. The second-order valence-corrected chi connectivity index (χ2v) is 27.7. The van der Waals surface area contributed by atoms with Gasteiger partial charge in [-0.25, -0.2) is 4.57 Å². The van der Waals surface area contributed by atoms with Gasteiger partial charge in [-0.3, -0.25) is 18.6 Å². The highest BCUT2D eigenvalue weighted by molar-refractivity contribution is 7.47. The summed E-state index contributed by atoms with van der Waals surface area (Å²) in [4.78, 5) is 36.0. The minimum absolute atomic E-state index is 0.0235. The summed E-state index contributed by atoms with van der Waals surface area (Å²) in [5.74, 6) is -0.805. The van der Waals surface area contributed by atoms with Crippen LogP contribution in [0.3, 0.4) is 0 Å². The van der Waals surface area contributed by atoms with E-state index in [1.807, 2.05) is 21.1 Å². The average molecular weight is 1350 g/mol. The van der Waals surface area contributed by atoms with Gasteiger partial charge < -0.3 is 18.9 Å². The van der Waals surface area contributed by atoms with Crippen molar-refractivity contribution in [2.24, 2.45) is 0 Å². The summed E-state index contributed by atoms with van der Waals surface area (Å²) >= 11 is 0. The van der Waals surface area contributed by atoms with Crippen molar-refractivity contribution >= 4 is 19.8 Å². The van der Waals surface area contributed by atoms with Crippen LogP contribution in [0.5, 0.6) is 0 Å². The number of rotatable bonds is 69. The van der Waals surface area contributed by atoms with E-state index in [4.69, 9.17) is 18.5 Å². The summed E-state index contributed by atoms with van der Waals surface area (Å²) in [5, 5.41) is 0. The molecule has 544 valence electrons. The number of nitrogens with zero attached hydrogens (tertiary/aromatic N) is 1. The lowest BCUT2D eigenvalue weighted by Crippen LogP contribution is -2.37. The van der Waals surface area contributed by atoms with E-state index in [0.717, 1.165) is 141 Å². The number of esters is 2. The second-order valence-electron chi connectivity index (χ2n) is 26.3. The zero-order chi connectivity index (χ0) is 69.7. The van der Waals surface area contributed by atoms with Gasteiger partial charge in [-0.1, -0.05) is 331 Å². The number of likely N-dealkylation sites (N-methyl/N-ethyl adjacent to an activating group) is 1. The first-order valence-electron chi connectivity index (χ1n) is 38.5. The highest BCUT2D eigenvalue weighted by atomic mass is 31.2. The molecule has 0 aromatic carbocycles. The Morgan fingerprint density at radius 2 is 0.562 bits per heavy atom. The first-order valence-corrected chi connectivity index (χ1v) is 40.0. The lowest BCUT2D eigenvalue weighted by atomic mass is 10.0. The summed E-state index contributed by atoms with van der Waals surface area (Å²) in [6.45, 7) is 4.20. The van der Waals surface area contributed by atoms with Crippen LogP contribution < -0.4 is 0 Å². The van der Waals surface area contributed by atoms with Crippen molar-refractivity contribution in [2.45, 2.75) is 302 Å². The molecule has 0 saturated carbocycles. The van der Waals surface area contributed by atoms with Gasteiger partial charge in [-0.15, -0.1) is 0 Å². The smallest absolute Gasteiger partial charge is 0.462 e. The van der Waals surface area contributed by atoms with Crippen LogP contribution in [0.15, 0.2) is 182 Å². The standard InChI is InChI=1S/C86H142NO8P/c1-6-8-10-12-14-16-18-20-22-24-26-28-30-32-34-36-38-40-41-42-43-44-45-47-49-51-53-55-57-59-61-63-65-67-69-71-73-75-77-79-86(89)95-84(83-94-96(90,91)93-81-80-87(3,4)5)82-92-85(88)78-76-74-72-70-68-66-64-62-60-58-56-54-52-50-48-46-39-37-35-33-31-29-27-25-23-21-19-17-15-13-11-9-7-2/h8-11,14-17,20-23,26-29,32-35,38-40,42-43,45-47,51,53,84H,6-7,12-13,18-19,24-25,30-31,36-37,41,44,48-50,52,54-83H2,1-5H3/p+1/b10-8-,11-9-,16-14-,17-15-,22-20-,23-21-,28-26-,29-27-,34-32-,35-33-,40-38-,43-42-,46-39-,47-45-,53-51-. The molecule has 0 heterocycles. The molecule has 0 amide bonds. The molecule has 96 heavy (non-hydrogen) atoms. The Bertz CT molecular complexity index is 2280. The Morgan fingerprint density at radius 3 is 0.833 bits per heavy atom. The van der Waals surface area contributed by atoms with Crippen molar-refractivity contribution in [2.75, 3.05) is 47.5 Å². The van der Waals surface area contributed by atoms with Gasteiger partial charge in [0.05, 0.1) is 27.7 Å². The molecule has 0 aromatic rings.